The third-order valence-corrected chi connectivity index (χ3v) is 5.01. The van der Waals surface area contributed by atoms with Crippen LogP contribution in [0, 0.1) is 0 Å². The molecular formula is C15H19NO2S2. The summed E-state index contributed by atoms with van der Waals surface area (Å²) < 4.78 is 0. The first-order valence-corrected chi connectivity index (χ1v) is 8.84. The van der Waals surface area contributed by atoms with Gasteiger partial charge in [-0.25, -0.2) is 0 Å². The molecule has 2 heterocycles. The summed E-state index contributed by atoms with van der Waals surface area (Å²) in [5.74, 6) is 0.567. The van der Waals surface area contributed by atoms with Crippen molar-refractivity contribution in [1.29, 1.82) is 0 Å². The lowest BCUT2D eigenvalue weighted by Crippen LogP contribution is -2.32. The third kappa shape index (κ3) is 2.99. The maximum absolute atomic E-state index is 12.5. The van der Waals surface area contributed by atoms with Crippen LogP contribution in [0.2, 0.25) is 0 Å². The molecule has 2 rings (SSSR count). The van der Waals surface area contributed by atoms with Crippen LogP contribution in [0.25, 0.3) is 5.57 Å². The maximum atomic E-state index is 12.5. The van der Waals surface area contributed by atoms with E-state index in [4.69, 9.17) is 0 Å². The van der Waals surface area contributed by atoms with Gasteiger partial charge in [-0.05, 0) is 23.6 Å². The fourth-order valence-corrected chi connectivity index (χ4v) is 3.89. The Hall–Kier alpha value is -1.07. The minimum absolute atomic E-state index is 0.110. The Labute approximate surface area is 128 Å². The van der Waals surface area contributed by atoms with Crippen molar-refractivity contribution in [2.75, 3.05) is 12.3 Å². The number of carbonyl (C=O) groups excluding carboxylic acids is 2. The van der Waals surface area contributed by atoms with Crippen molar-refractivity contribution in [3.8, 4) is 0 Å². The van der Waals surface area contributed by atoms with Crippen LogP contribution in [0.3, 0.4) is 0 Å². The molecule has 2 amide bonds. The van der Waals surface area contributed by atoms with Gasteiger partial charge in [0.2, 0.25) is 0 Å². The van der Waals surface area contributed by atoms with Gasteiger partial charge in [0.25, 0.3) is 11.8 Å². The molecule has 20 heavy (non-hydrogen) atoms. The van der Waals surface area contributed by atoms with Gasteiger partial charge in [-0.2, -0.15) is 0 Å². The number of thiophene rings is 1. The summed E-state index contributed by atoms with van der Waals surface area (Å²) in [5, 5.41) is 1.94. The first kappa shape index (κ1) is 15.3. The number of unbranched alkanes of at least 4 members (excludes halogenated alkanes) is 2. The molecule has 0 spiro atoms. The quantitative estimate of drug-likeness (QED) is 0.568. The van der Waals surface area contributed by atoms with Gasteiger partial charge in [0, 0.05) is 11.4 Å². The predicted octanol–water partition coefficient (Wildman–Crippen LogP) is 3.77. The van der Waals surface area contributed by atoms with Gasteiger partial charge < -0.3 is 0 Å². The molecule has 108 valence electrons. The Morgan fingerprint density at radius 3 is 2.60 bits per heavy atom. The van der Waals surface area contributed by atoms with Gasteiger partial charge in [0.15, 0.2) is 0 Å². The summed E-state index contributed by atoms with van der Waals surface area (Å²) >= 11 is 2.99. The van der Waals surface area contributed by atoms with Gasteiger partial charge in [0.05, 0.1) is 10.5 Å². The van der Waals surface area contributed by atoms with Crippen LogP contribution in [0.4, 0.5) is 0 Å². The van der Waals surface area contributed by atoms with E-state index in [0.717, 1.165) is 29.9 Å². The number of imide groups is 1. The molecule has 0 saturated heterocycles. The smallest absolute Gasteiger partial charge is 0.268 e. The molecule has 1 aliphatic heterocycles. The second-order valence-corrected chi connectivity index (χ2v) is 6.81. The van der Waals surface area contributed by atoms with Crippen LogP contribution in [0.5, 0.6) is 0 Å². The van der Waals surface area contributed by atoms with Crippen molar-refractivity contribution in [1.82, 2.24) is 4.90 Å². The van der Waals surface area contributed by atoms with E-state index < -0.39 is 0 Å². The van der Waals surface area contributed by atoms with Crippen LogP contribution in [0.15, 0.2) is 22.4 Å². The molecule has 0 aromatic carbocycles. The summed E-state index contributed by atoms with van der Waals surface area (Å²) in [6.07, 6.45) is 3.01. The number of hydrogen-bond donors (Lipinski definition) is 0. The first-order valence-electron chi connectivity index (χ1n) is 6.97. The van der Waals surface area contributed by atoms with E-state index in [1.807, 2.05) is 24.4 Å². The van der Waals surface area contributed by atoms with E-state index in [-0.39, 0.29) is 11.8 Å². The predicted molar refractivity (Wildman–Crippen MR) is 85.6 cm³/mol. The Balaban J connectivity index is 2.25. The van der Waals surface area contributed by atoms with Gasteiger partial charge in [-0.1, -0.05) is 32.8 Å². The molecule has 3 nitrogen and oxygen atoms in total. The standard InChI is InChI=1S/C15H19NO2S2/c1-3-5-6-9-16-14(17)12(11-8-7-10-20-11)13(15(16)18)19-4-2/h7-8,10H,3-6,9H2,1-2H3. The summed E-state index contributed by atoms with van der Waals surface area (Å²) in [7, 11) is 0. The Kier molecular flexibility index (Phi) is 5.43. The van der Waals surface area contributed by atoms with Gasteiger partial charge in [-0.3, -0.25) is 14.5 Å². The van der Waals surface area contributed by atoms with Crippen molar-refractivity contribution in [2.24, 2.45) is 0 Å². The second kappa shape index (κ2) is 7.09. The molecule has 0 radical (unpaired) electrons. The molecule has 0 atom stereocenters. The van der Waals surface area contributed by atoms with Crippen molar-refractivity contribution < 1.29 is 9.59 Å². The molecule has 1 aromatic heterocycles. The van der Waals surface area contributed by atoms with Gasteiger partial charge >= 0.3 is 0 Å². The van der Waals surface area contributed by atoms with Crippen molar-refractivity contribution in [3.05, 3.63) is 27.3 Å². The number of hydrogen-bond acceptors (Lipinski definition) is 4. The topological polar surface area (TPSA) is 37.4 Å². The number of thioether (sulfide) groups is 1. The van der Waals surface area contributed by atoms with Crippen LogP contribution >= 0.6 is 23.1 Å². The molecule has 0 bridgehead atoms. The van der Waals surface area contributed by atoms with Gasteiger partial charge in [0.1, 0.15) is 0 Å². The van der Waals surface area contributed by atoms with E-state index in [9.17, 15) is 9.59 Å². The highest BCUT2D eigenvalue weighted by Crippen LogP contribution is 2.37. The van der Waals surface area contributed by atoms with E-state index in [1.165, 1.54) is 28.0 Å². The minimum atomic E-state index is -0.121. The lowest BCUT2D eigenvalue weighted by atomic mass is 10.2. The van der Waals surface area contributed by atoms with E-state index in [1.54, 1.807) is 0 Å². The highest BCUT2D eigenvalue weighted by molar-refractivity contribution is 8.04. The second-order valence-electron chi connectivity index (χ2n) is 4.58. The molecule has 0 fully saturated rings. The molecule has 1 aliphatic rings. The van der Waals surface area contributed by atoms with Gasteiger partial charge in [-0.15, -0.1) is 23.1 Å². The van der Waals surface area contributed by atoms with Crippen molar-refractivity contribution >= 4 is 40.5 Å². The van der Waals surface area contributed by atoms with E-state index >= 15 is 0 Å². The van der Waals surface area contributed by atoms with Crippen molar-refractivity contribution in [2.45, 2.75) is 33.1 Å². The zero-order valence-corrected chi connectivity index (χ0v) is 13.5. The first-order chi connectivity index (χ1) is 9.70. The Morgan fingerprint density at radius 1 is 1.20 bits per heavy atom. The minimum Gasteiger partial charge on any atom is -0.274 e. The number of nitrogens with zero attached hydrogens (tertiary/aromatic N) is 1. The fraction of sp³-hybridized carbons (Fsp3) is 0.467. The lowest BCUT2D eigenvalue weighted by Gasteiger charge is -2.14. The van der Waals surface area contributed by atoms with Crippen LogP contribution < -0.4 is 0 Å². The van der Waals surface area contributed by atoms with Crippen LogP contribution in [0.1, 0.15) is 38.0 Å². The van der Waals surface area contributed by atoms with Crippen LogP contribution in [-0.2, 0) is 9.59 Å². The van der Waals surface area contributed by atoms with Crippen LogP contribution in [-0.4, -0.2) is 29.0 Å². The summed E-state index contributed by atoms with van der Waals surface area (Å²) in [5.41, 5.74) is 0.605. The monoisotopic (exact) mass is 309 g/mol. The summed E-state index contributed by atoms with van der Waals surface area (Å²) in [6, 6.07) is 3.83. The molecular weight excluding hydrogens is 290 g/mol. The summed E-state index contributed by atoms with van der Waals surface area (Å²) in [4.78, 5) is 27.9. The normalized spacial score (nSPS) is 15.6. The Bertz CT molecular complexity index is 520. The van der Waals surface area contributed by atoms with E-state index in [0.29, 0.717) is 17.0 Å². The van der Waals surface area contributed by atoms with Crippen molar-refractivity contribution in [3.63, 3.8) is 0 Å². The van der Waals surface area contributed by atoms with E-state index in [2.05, 4.69) is 6.92 Å². The average Bonchev–Trinajstić information content (AvgIpc) is 3.02. The molecule has 0 N–H and O–H groups in total. The third-order valence-electron chi connectivity index (χ3n) is 3.17. The molecule has 0 aliphatic carbocycles. The maximum Gasteiger partial charge on any atom is 0.268 e. The number of rotatable bonds is 7. The zero-order chi connectivity index (χ0) is 14.5. The summed E-state index contributed by atoms with van der Waals surface area (Å²) in [6.45, 7) is 4.65. The number of amides is 2. The Morgan fingerprint density at radius 2 is 2.00 bits per heavy atom. The largest absolute Gasteiger partial charge is 0.274 e. The lowest BCUT2D eigenvalue weighted by molar-refractivity contribution is -0.136. The SMILES string of the molecule is CCCCCN1C(=O)C(SCC)=C(c2cccs2)C1=O. The number of carbonyl (C=O) groups is 2. The average molecular weight is 309 g/mol. The molecule has 1 aromatic rings. The molecule has 5 heteroatoms. The molecule has 0 unspecified atom stereocenters. The molecule has 0 saturated carbocycles. The highest BCUT2D eigenvalue weighted by Gasteiger charge is 2.38. The fourth-order valence-electron chi connectivity index (χ4n) is 2.19. The highest BCUT2D eigenvalue weighted by atomic mass is 32.2. The zero-order valence-electron chi connectivity index (χ0n) is 11.8.